The summed E-state index contributed by atoms with van der Waals surface area (Å²) < 4.78 is 32.1. The van der Waals surface area contributed by atoms with Crippen LogP contribution < -0.4 is 15.6 Å². The van der Waals surface area contributed by atoms with Gasteiger partial charge in [-0.15, -0.1) is 0 Å². The summed E-state index contributed by atoms with van der Waals surface area (Å²) >= 11 is 0. The summed E-state index contributed by atoms with van der Waals surface area (Å²) in [5.41, 5.74) is 4.52. The van der Waals surface area contributed by atoms with Gasteiger partial charge in [-0.25, -0.2) is 8.78 Å². The van der Waals surface area contributed by atoms with Gasteiger partial charge in [-0.1, -0.05) is 30.3 Å². The van der Waals surface area contributed by atoms with Crippen molar-refractivity contribution in [3.05, 3.63) is 65.7 Å². The summed E-state index contributed by atoms with van der Waals surface area (Å²) in [5.74, 6) is -2.43. The van der Waals surface area contributed by atoms with Crippen LogP contribution in [0.5, 0.6) is 5.75 Å². The van der Waals surface area contributed by atoms with Gasteiger partial charge in [0.1, 0.15) is 5.82 Å². The summed E-state index contributed by atoms with van der Waals surface area (Å²) in [6.07, 6.45) is -1.26. The van der Waals surface area contributed by atoms with Crippen LogP contribution in [0.1, 0.15) is 12.5 Å². The Labute approximate surface area is 137 Å². The Morgan fingerprint density at radius 2 is 1.62 bits per heavy atom. The second-order valence-corrected chi connectivity index (χ2v) is 5.00. The lowest BCUT2D eigenvalue weighted by atomic mass is 10.1. The maximum absolute atomic E-state index is 13.4. The van der Waals surface area contributed by atoms with Gasteiger partial charge in [-0.3, -0.25) is 20.4 Å². The largest absolute Gasteiger partial charge is 0.478 e. The van der Waals surface area contributed by atoms with Gasteiger partial charge >= 0.3 is 0 Å². The van der Waals surface area contributed by atoms with Crippen molar-refractivity contribution in [2.75, 3.05) is 0 Å². The zero-order chi connectivity index (χ0) is 17.5. The molecule has 0 aliphatic carbocycles. The number of hydrogen-bond donors (Lipinski definition) is 2. The van der Waals surface area contributed by atoms with Crippen molar-refractivity contribution >= 4 is 11.8 Å². The molecule has 126 valence electrons. The number of nitrogens with one attached hydrogen (secondary N) is 2. The minimum atomic E-state index is -1.03. The molecule has 2 rings (SSSR count). The molecule has 2 aromatic carbocycles. The number of halogens is 2. The topological polar surface area (TPSA) is 67.4 Å². The third kappa shape index (κ3) is 4.77. The first-order valence-corrected chi connectivity index (χ1v) is 7.20. The van der Waals surface area contributed by atoms with Crippen LogP contribution in [0, 0.1) is 11.6 Å². The van der Waals surface area contributed by atoms with Crippen LogP contribution in [0.3, 0.4) is 0 Å². The highest BCUT2D eigenvalue weighted by Gasteiger charge is 2.17. The molecule has 0 unspecified atom stereocenters. The second-order valence-electron chi connectivity index (χ2n) is 5.00. The normalized spacial score (nSPS) is 11.5. The molecule has 0 saturated carbocycles. The lowest BCUT2D eigenvalue weighted by Crippen LogP contribution is -2.47. The number of carbonyl (C=O) groups is 2. The molecule has 7 heteroatoms. The molecule has 0 radical (unpaired) electrons. The van der Waals surface area contributed by atoms with Crippen molar-refractivity contribution in [1.29, 1.82) is 0 Å². The van der Waals surface area contributed by atoms with Gasteiger partial charge in [0.15, 0.2) is 17.7 Å². The van der Waals surface area contributed by atoms with E-state index in [1.54, 1.807) is 12.1 Å². The average Bonchev–Trinajstić information content (AvgIpc) is 2.56. The quantitative estimate of drug-likeness (QED) is 0.823. The summed E-state index contributed by atoms with van der Waals surface area (Å²) in [7, 11) is 0. The molecule has 0 aromatic heterocycles. The fourth-order valence-electron chi connectivity index (χ4n) is 1.88. The van der Waals surface area contributed by atoms with Gasteiger partial charge in [0.05, 0.1) is 6.42 Å². The van der Waals surface area contributed by atoms with E-state index in [4.69, 9.17) is 4.74 Å². The summed E-state index contributed by atoms with van der Waals surface area (Å²) in [5, 5.41) is 0. The van der Waals surface area contributed by atoms with E-state index in [9.17, 15) is 18.4 Å². The van der Waals surface area contributed by atoms with E-state index in [2.05, 4.69) is 10.9 Å². The standard InChI is InChI=1S/C17H16F2N2O3/c1-11(24-15-9-5-4-8-14(15)19)17(23)21-20-16(22)10-12-6-2-3-7-13(12)18/h2-9,11H,10H2,1H3,(H,20,22)(H,21,23)/t11-/m0/s1. The van der Waals surface area contributed by atoms with Crippen LogP contribution >= 0.6 is 0 Å². The molecule has 2 aromatic rings. The Hall–Kier alpha value is -2.96. The molecule has 2 amide bonds. The highest BCUT2D eigenvalue weighted by molar-refractivity contribution is 5.85. The lowest BCUT2D eigenvalue weighted by Gasteiger charge is -2.15. The number of ether oxygens (including phenoxy) is 1. The Kier molecular flexibility index (Phi) is 5.83. The molecular formula is C17H16F2N2O3. The van der Waals surface area contributed by atoms with E-state index in [1.807, 2.05) is 0 Å². The van der Waals surface area contributed by atoms with Crippen molar-refractivity contribution in [2.24, 2.45) is 0 Å². The molecule has 0 heterocycles. The molecule has 0 fully saturated rings. The minimum absolute atomic E-state index is 0.0715. The zero-order valence-electron chi connectivity index (χ0n) is 12.9. The molecule has 24 heavy (non-hydrogen) atoms. The first kappa shape index (κ1) is 17.4. The first-order chi connectivity index (χ1) is 11.5. The maximum atomic E-state index is 13.4. The molecule has 0 aliphatic rings. The minimum Gasteiger partial charge on any atom is -0.478 e. The fraction of sp³-hybridized carbons (Fsp3) is 0.176. The summed E-state index contributed by atoms with van der Waals surface area (Å²) in [4.78, 5) is 23.5. The van der Waals surface area contributed by atoms with Gasteiger partial charge in [-0.2, -0.15) is 0 Å². The Balaban J connectivity index is 1.83. The Morgan fingerprint density at radius 3 is 2.29 bits per heavy atom. The van der Waals surface area contributed by atoms with Gasteiger partial charge in [0.2, 0.25) is 5.91 Å². The number of benzene rings is 2. The van der Waals surface area contributed by atoms with E-state index in [0.29, 0.717) is 0 Å². The molecule has 5 nitrogen and oxygen atoms in total. The highest BCUT2D eigenvalue weighted by atomic mass is 19.1. The summed E-state index contributed by atoms with van der Waals surface area (Å²) in [6, 6.07) is 11.5. The van der Waals surface area contributed by atoms with Crippen molar-refractivity contribution in [3.63, 3.8) is 0 Å². The third-order valence-corrected chi connectivity index (χ3v) is 3.14. The predicted molar refractivity (Wildman–Crippen MR) is 82.9 cm³/mol. The Morgan fingerprint density at radius 1 is 1.00 bits per heavy atom. The van der Waals surface area contributed by atoms with Crippen LogP contribution in [0.25, 0.3) is 0 Å². The molecule has 0 bridgehead atoms. The van der Waals surface area contributed by atoms with E-state index in [0.717, 1.165) is 0 Å². The molecule has 0 saturated heterocycles. The van der Waals surface area contributed by atoms with Crippen LogP contribution in [0.15, 0.2) is 48.5 Å². The smallest absolute Gasteiger partial charge is 0.279 e. The SMILES string of the molecule is C[C@H](Oc1ccccc1F)C(=O)NNC(=O)Cc1ccccc1F. The fourth-order valence-corrected chi connectivity index (χ4v) is 1.88. The van der Waals surface area contributed by atoms with Gasteiger partial charge in [0.25, 0.3) is 5.91 Å². The van der Waals surface area contributed by atoms with Gasteiger partial charge in [0, 0.05) is 0 Å². The lowest BCUT2D eigenvalue weighted by molar-refractivity contribution is -0.132. The Bertz CT molecular complexity index is 737. The van der Waals surface area contributed by atoms with Crippen LogP contribution in [0.2, 0.25) is 0 Å². The van der Waals surface area contributed by atoms with Crippen molar-refractivity contribution < 1.29 is 23.1 Å². The van der Waals surface area contributed by atoms with E-state index in [-0.39, 0.29) is 17.7 Å². The zero-order valence-corrected chi connectivity index (χ0v) is 12.9. The molecular weight excluding hydrogens is 318 g/mol. The molecule has 1 atom stereocenters. The second kappa shape index (κ2) is 8.05. The molecule has 0 aliphatic heterocycles. The number of hydrogen-bond acceptors (Lipinski definition) is 3. The van der Waals surface area contributed by atoms with Crippen LogP contribution in [-0.4, -0.2) is 17.9 Å². The molecule has 0 spiro atoms. The number of amides is 2. The number of para-hydroxylation sites is 1. The highest BCUT2D eigenvalue weighted by Crippen LogP contribution is 2.16. The number of rotatable bonds is 5. The maximum Gasteiger partial charge on any atom is 0.279 e. The third-order valence-electron chi connectivity index (χ3n) is 3.14. The van der Waals surface area contributed by atoms with E-state index < -0.39 is 29.6 Å². The van der Waals surface area contributed by atoms with Crippen molar-refractivity contribution in [1.82, 2.24) is 10.9 Å². The molecule has 2 N–H and O–H groups in total. The van der Waals surface area contributed by atoms with E-state index >= 15 is 0 Å². The number of carbonyl (C=O) groups excluding carboxylic acids is 2. The van der Waals surface area contributed by atoms with Crippen LogP contribution in [-0.2, 0) is 16.0 Å². The van der Waals surface area contributed by atoms with Crippen molar-refractivity contribution in [3.8, 4) is 5.75 Å². The van der Waals surface area contributed by atoms with Crippen molar-refractivity contribution in [2.45, 2.75) is 19.4 Å². The van der Waals surface area contributed by atoms with Gasteiger partial charge < -0.3 is 4.74 Å². The predicted octanol–water partition coefficient (Wildman–Crippen LogP) is 2.12. The average molecular weight is 334 g/mol. The summed E-state index contributed by atoms with van der Waals surface area (Å²) in [6.45, 7) is 1.41. The first-order valence-electron chi connectivity index (χ1n) is 7.20. The van der Waals surface area contributed by atoms with Crippen LogP contribution in [0.4, 0.5) is 8.78 Å². The van der Waals surface area contributed by atoms with Gasteiger partial charge in [-0.05, 0) is 30.7 Å². The van der Waals surface area contributed by atoms with E-state index in [1.165, 1.54) is 43.3 Å². The monoisotopic (exact) mass is 334 g/mol. The number of hydrazine groups is 1.